The molecule has 0 radical (unpaired) electrons. The van der Waals surface area contributed by atoms with E-state index in [1.165, 1.54) is 7.11 Å². The summed E-state index contributed by atoms with van der Waals surface area (Å²) in [5, 5.41) is 9.18. The minimum atomic E-state index is -4.49. The molecule has 0 aliphatic heterocycles. The first-order valence-electron chi connectivity index (χ1n) is 11.6. The van der Waals surface area contributed by atoms with Crippen molar-refractivity contribution in [2.75, 3.05) is 13.7 Å². The number of methoxy groups -OCH3 is 1. The van der Waals surface area contributed by atoms with E-state index in [0.717, 1.165) is 23.9 Å². The Morgan fingerprint density at radius 3 is 2.46 bits per heavy atom. The number of rotatable bonds is 12. The summed E-state index contributed by atoms with van der Waals surface area (Å²) in [5.41, 5.74) is 0.402. The van der Waals surface area contributed by atoms with E-state index >= 15 is 0 Å². The van der Waals surface area contributed by atoms with Gasteiger partial charge in [-0.3, -0.25) is 4.79 Å². The molecule has 198 valence electrons. The normalized spacial score (nSPS) is 11.3. The molecule has 1 N–H and O–H groups in total. The lowest BCUT2D eigenvalue weighted by Crippen LogP contribution is -2.08. The topological polar surface area (TPSA) is 87.1 Å². The molecular formula is C27H28F3NO6. The number of carboxylic acids is 1. The molecule has 7 nitrogen and oxygen atoms in total. The smallest absolute Gasteiger partial charge is 0.417 e. The van der Waals surface area contributed by atoms with Gasteiger partial charge in [0.05, 0.1) is 31.8 Å². The lowest BCUT2D eigenvalue weighted by Gasteiger charge is -2.16. The maximum Gasteiger partial charge on any atom is 0.417 e. The van der Waals surface area contributed by atoms with Gasteiger partial charge in [-0.05, 0) is 50.5 Å². The lowest BCUT2D eigenvalue weighted by atomic mass is 10.1. The maximum absolute atomic E-state index is 12.9. The van der Waals surface area contributed by atoms with Crippen LogP contribution in [0.5, 0.6) is 28.9 Å². The molecule has 1 aromatic heterocycles. The van der Waals surface area contributed by atoms with Crippen molar-refractivity contribution in [1.29, 1.82) is 0 Å². The summed E-state index contributed by atoms with van der Waals surface area (Å²) in [4.78, 5) is 15.0. The van der Waals surface area contributed by atoms with E-state index < -0.39 is 17.7 Å². The number of para-hydroxylation sites is 1. The second-order valence-corrected chi connectivity index (χ2v) is 8.39. The second kappa shape index (κ2) is 12.3. The van der Waals surface area contributed by atoms with Crippen molar-refractivity contribution in [3.63, 3.8) is 0 Å². The number of aryl methyl sites for hydroxylation is 1. The van der Waals surface area contributed by atoms with Gasteiger partial charge in [-0.2, -0.15) is 13.2 Å². The van der Waals surface area contributed by atoms with Crippen LogP contribution in [-0.4, -0.2) is 35.9 Å². The number of aliphatic carboxylic acids is 1. The van der Waals surface area contributed by atoms with Crippen LogP contribution in [0.2, 0.25) is 0 Å². The van der Waals surface area contributed by atoms with Crippen molar-refractivity contribution >= 4 is 5.97 Å². The molecule has 0 atom stereocenters. The number of aromatic nitrogens is 1. The standard InChI is InChI=1S/C27H28F3NO6/c1-17(2)36-21-11-9-18(23(15-21)37-24-12-10-20(16-31-24)27(28,29)30)7-5-13-35-26-19(14-25(32)33)6-4-8-22(26)34-3/h4,6,8-12,15-17H,5,7,13-14H2,1-3H3,(H,32,33). The molecule has 3 aromatic rings. The first-order valence-corrected chi connectivity index (χ1v) is 11.6. The quantitative estimate of drug-likeness (QED) is 0.280. The SMILES string of the molecule is COc1cccc(CC(=O)O)c1OCCCc1ccc(OC(C)C)cc1Oc1ccc(C(F)(F)F)cn1. The zero-order valence-corrected chi connectivity index (χ0v) is 20.7. The number of alkyl halides is 3. The van der Waals surface area contributed by atoms with Gasteiger partial charge in [-0.1, -0.05) is 18.2 Å². The molecule has 0 aliphatic rings. The van der Waals surface area contributed by atoms with E-state index in [9.17, 15) is 23.1 Å². The molecule has 0 fully saturated rings. The minimum Gasteiger partial charge on any atom is -0.493 e. The van der Waals surface area contributed by atoms with Crippen molar-refractivity contribution in [3.8, 4) is 28.9 Å². The Bertz CT molecular complexity index is 1200. The van der Waals surface area contributed by atoms with Gasteiger partial charge in [0.15, 0.2) is 11.5 Å². The van der Waals surface area contributed by atoms with E-state index in [1.54, 1.807) is 30.3 Å². The molecule has 1 heterocycles. The zero-order valence-electron chi connectivity index (χ0n) is 20.7. The summed E-state index contributed by atoms with van der Waals surface area (Å²) in [7, 11) is 1.48. The zero-order chi connectivity index (χ0) is 27.0. The van der Waals surface area contributed by atoms with Crippen molar-refractivity contribution < 1.29 is 42.0 Å². The van der Waals surface area contributed by atoms with E-state index in [0.29, 0.717) is 41.4 Å². The third-order valence-electron chi connectivity index (χ3n) is 5.15. The molecule has 2 aromatic carbocycles. The van der Waals surface area contributed by atoms with Crippen LogP contribution in [0.15, 0.2) is 54.7 Å². The summed E-state index contributed by atoms with van der Waals surface area (Å²) < 4.78 is 61.4. The van der Waals surface area contributed by atoms with Crippen molar-refractivity contribution in [3.05, 3.63) is 71.4 Å². The summed E-state index contributed by atoms with van der Waals surface area (Å²) in [6, 6.07) is 12.4. The van der Waals surface area contributed by atoms with Gasteiger partial charge in [0.1, 0.15) is 11.5 Å². The highest BCUT2D eigenvalue weighted by Crippen LogP contribution is 2.34. The predicted octanol–water partition coefficient (Wildman–Crippen LogP) is 6.33. The van der Waals surface area contributed by atoms with Gasteiger partial charge in [-0.15, -0.1) is 0 Å². The average molecular weight is 520 g/mol. The van der Waals surface area contributed by atoms with E-state index in [2.05, 4.69) is 4.98 Å². The summed E-state index contributed by atoms with van der Waals surface area (Å²) >= 11 is 0. The number of hydrogen-bond acceptors (Lipinski definition) is 6. The van der Waals surface area contributed by atoms with Gasteiger partial charge in [-0.25, -0.2) is 4.98 Å². The first kappa shape index (κ1) is 27.6. The number of halogens is 3. The Labute approximate surface area is 212 Å². The number of benzene rings is 2. The molecule has 0 saturated carbocycles. The average Bonchev–Trinajstić information content (AvgIpc) is 2.82. The fourth-order valence-electron chi connectivity index (χ4n) is 3.53. The highest BCUT2D eigenvalue weighted by molar-refractivity contribution is 5.72. The molecule has 37 heavy (non-hydrogen) atoms. The van der Waals surface area contributed by atoms with Gasteiger partial charge in [0.25, 0.3) is 0 Å². The maximum atomic E-state index is 12.9. The van der Waals surface area contributed by atoms with E-state index in [1.807, 2.05) is 19.9 Å². The molecular weight excluding hydrogens is 491 g/mol. The van der Waals surface area contributed by atoms with Crippen LogP contribution < -0.4 is 18.9 Å². The summed E-state index contributed by atoms with van der Waals surface area (Å²) in [6.45, 7) is 4.01. The number of carbonyl (C=O) groups is 1. The summed E-state index contributed by atoms with van der Waals surface area (Å²) in [5.74, 6) is 0.781. The number of hydrogen-bond donors (Lipinski definition) is 1. The third kappa shape index (κ3) is 8.03. The van der Waals surface area contributed by atoms with Crippen LogP contribution in [0.25, 0.3) is 0 Å². The highest BCUT2D eigenvalue weighted by Gasteiger charge is 2.30. The molecule has 0 amide bonds. The second-order valence-electron chi connectivity index (χ2n) is 8.39. The minimum absolute atomic E-state index is 0.0135. The Kier molecular flexibility index (Phi) is 9.21. The molecule has 10 heteroatoms. The van der Waals surface area contributed by atoms with Crippen LogP contribution in [0.1, 0.15) is 37.0 Å². The molecule has 0 saturated heterocycles. The van der Waals surface area contributed by atoms with Crippen LogP contribution in [0.4, 0.5) is 13.2 Å². The monoisotopic (exact) mass is 519 g/mol. The Hall–Kier alpha value is -3.95. The van der Waals surface area contributed by atoms with E-state index in [-0.39, 0.29) is 25.0 Å². The van der Waals surface area contributed by atoms with Crippen molar-refractivity contribution in [2.45, 2.75) is 45.4 Å². The highest BCUT2D eigenvalue weighted by atomic mass is 19.4. The fourth-order valence-corrected chi connectivity index (χ4v) is 3.53. The predicted molar refractivity (Wildman–Crippen MR) is 130 cm³/mol. The van der Waals surface area contributed by atoms with Gasteiger partial charge < -0.3 is 24.1 Å². The number of carboxylic acid groups (broad SMARTS) is 1. The molecule has 0 bridgehead atoms. The number of nitrogens with zero attached hydrogens (tertiary/aromatic N) is 1. The van der Waals surface area contributed by atoms with Gasteiger partial charge in [0.2, 0.25) is 5.88 Å². The number of ether oxygens (including phenoxy) is 4. The van der Waals surface area contributed by atoms with Crippen molar-refractivity contribution in [2.24, 2.45) is 0 Å². The van der Waals surface area contributed by atoms with Crippen LogP contribution >= 0.6 is 0 Å². The van der Waals surface area contributed by atoms with Gasteiger partial charge in [0, 0.05) is 23.9 Å². The molecule has 0 spiro atoms. The third-order valence-corrected chi connectivity index (χ3v) is 5.15. The first-order chi connectivity index (χ1) is 17.6. The Morgan fingerprint density at radius 1 is 1.05 bits per heavy atom. The van der Waals surface area contributed by atoms with Crippen LogP contribution in [-0.2, 0) is 23.8 Å². The number of pyridine rings is 1. The van der Waals surface area contributed by atoms with E-state index in [4.69, 9.17) is 18.9 Å². The Balaban J connectivity index is 1.74. The Morgan fingerprint density at radius 2 is 1.84 bits per heavy atom. The lowest BCUT2D eigenvalue weighted by molar-refractivity contribution is -0.138. The summed E-state index contributed by atoms with van der Waals surface area (Å²) in [6.07, 6.45) is -3.03. The van der Waals surface area contributed by atoms with Crippen LogP contribution in [0, 0.1) is 0 Å². The van der Waals surface area contributed by atoms with Crippen molar-refractivity contribution in [1.82, 2.24) is 4.98 Å². The largest absolute Gasteiger partial charge is 0.493 e. The molecule has 0 aliphatic carbocycles. The fraction of sp³-hybridized carbons (Fsp3) is 0.333. The molecule has 0 unspecified atom stereocenters. The van der Waals surface area contributed by atoms with Crippen LogP contribution in [0.3, 0.4) is 0 Å². The van der Waals surface area contributed by atoms with Gasteiger partial charge >= 0.3 is 12.1 Å². The molecule has 3 rings (SSSR count).